The summed E-state index contributed by atoms with van der Waals surface area (Å²) < 4.78 is 32.2. The lowest BCUT2D eigenvalue weighted by Crippen LogP contribution is -2.63. The van der Waals surface area contributed by atoms with Crippen molar-refractivity contribution in [2.75, 3.05) is 11.8 Å². The van der Waals surface area contributed by atoms with E-state index in [9.17, 15) is 29.6 Å². The van der Waals surface area contributed by atoms with E-state index in [4.69, 9.17) is 28.4 Å². The highest BCUT2D eigenvalue weighted by Gasteiger charge is 2.53. The minimum absolute atomic E-state index is 0.170. The van der Waals surface area contributed by atoms with Crippen LogP contribution in [0.2, 0.25) is 0 Å². The Balaban J connectivity index is 2.50. The molecular formula is C20H24NO12-. The zero-order valence-electron chi connectivity index (χ0n) is 18.3. The first kappa shape index (κ1) is 25.8. The quantitative estimate of drug-likeness (QED) is 0.322. The Morgan fingerprint density at radius 1 is 0.909 bits per heavy atom. The maximum atomic E-state index is 11.8. The highest BCUT2D eigenvalue weighted by atomic mass is 16.8. The van der Waals surface area contributed by atoms with Crippen LogP contribution < -0.4 is 9.96 Å². The highest BCUT2D eigenvalue weighted by Crippen LogP contribution is 2.34. The molecule has 13 nitrogen and oxygen atoms in total. The third-order valence-corrected chi connectivity index (χ3v) is 4.26. The topological polar surface area (TPSA) is 170 Å². The fourth-order valence-electron chi connectivity index (χ4n) is 3.12. The molecule has 0 aromatic heterocycles. The molecular weight excluding hydrogens is 446 g/mol. The Morgan fingerprint density at radius 3 is 2.00 bits per heavy atom. The van der Waals surface area contributed by atoms with Gasteiger partial charge in [-0.3, -0.25) is 24.4 Å². The SMILES string of the molecule is CC(=O)OCC1OC(Oc2ccccc2N([O-])O)C(OC(C)=O)C(OC(C)=O)C1OC(C)=O. The largest absolute Gasteiger partial charge is 0.733 e. The summed E-state index contributed by atoms with van der Waals surface area (Å²) in [6, 6.07) is 5.52. The Bertz CT molecular complexity index is 872. The lowest BCUT2D eigenvalue weighted by molar-refractivity contribution is -0.288. The van der Waals surface area contributed by atoms with Crippen LogP contribution in [0.3, 0.4) is 0 Å². The second-order valence-electron chi connectivity index (χ2n) is 6.93. The summed E-state index contributed by atoms with van der Waals surface area (Å²) in [6.45, 7) is 3.96. The van der Waals surface area contributed by atoms with Crippen LogP contribution in [0.4, 0.5) is 5.69 Å². The number of carbonyl (C=O) groups excluding carboxylic acids is 4. The van der Waals surface area contributed by atoms with E-state index in [2.05, 4.69) is 0 Å². The van der Waals surface area contributed by atoms with E-state index in [1.807, 2.05) is 0 Å². The highest BCUT2D eigenvalue weighted by molar-refractivity contribution is 5.68. The first-order chi connectivity index (χ1) is 15.5. The molecule has 182 valence electrons. The van der Waals surface area contributed by atoms with Crippen molar-refractivity contribution in [3.05, 3.63) is 29.5 Å². The van der Waals surface area contributed by atoms with E-state index < -0.39 is 66.4 Å². The van der Waals surface area contributed by atoms with E-state index in [0.717, 1.165) is 27.7 Å². The monoisotopic (exact) mass is 470 g/mol. The van der Waals surface area contributed by atoms with Crippen molar-refractivity contribution in [1.82, 2.24) is 0 Å². The smallest absolute Gasteiger partial charge is 0.303 e. The number of hydrogen-bond donors (Lipinski definition) is 1. The molecule has 0 spiro atoms. The standard InChI is InChI=1S/C20H24NO12/c1-10(22)28-9-16-17(29-11(2)23)18(30-12(3)24)19(31-13(4)25)20(33-16)32-15-8-6-5-7-14(15)21(26)27/h5-8,16-20,26H,9H2,1-4H3/q-1. The first-order valence-corrected chi connectivity index (χ1v) is 9.72. The fraction of sp³-hybridized carbons (Fsp3) is 0.500. The number of nitrogens with zero attached hydrogens (tertiary/aromatic N) is 1. The summed E-state index contributed by atoms with van der Waals surface area (Å²) in [5.41, 5.74) is -0.301. The zero-order valence-corrected chi connectivity index (χ0v) is 18.3. The number of carbonyl (C=O) groups is 4. The number of para-hydroxylation sites is 2. The summed E-state index contributed by atoms with van der Waals surface area (Å²) >= 11 is 0. The molecule has 0 bridgehead atoms. The zero-order chi connectivity index (χ0) is 24.7. The molecule has 1 aliphatic heterocycles. The van der Waals surface area contributed by atoms with Crippen LogP contribution in [0.25, 0.3) is 0 Å². The summed E-state index contributed by atoms with van der Waals surface area (Å²) in [4.78, 5) is 46.6. The molecule has 1 aromatic rings. The molecule has 0 saturated carbocycles. The number of ether oxygens (including phenoxy) is 6. The summed E-state index contributed by atoms with van der Waals surface area (Å²) in [5, 5.41) is 20.4. The van der Waals surface area contributed by atoms with Crippen LogP contribution in [0.15, 0.2) is 24.3 Å². The van der Waals surface area contributed by atoms with Crippen LogP contribution in [0.5, 0.6) is 5.75 Å². The second kappa shape index (κ2) is 11.4. The van der Waals surface area contributed by atoms with Crippen molar-refractivity contribution < 1.29 is 52.8 Å². The third-order valence-electron chi connectivity index (χ3n) is 4.26. The van der Waals surface area contributed by atoms with Crippen LogP contribution in [-0.4, -0.2) is 66.4 Å². The van der Waals surface area contributed by atoms with Gasteiger partial charge in [-0.15, -0.1) is 0 Å². The number of anilines is 1. The van der Waals surface area contributed by atoms with E-state index in [0.29, 0.717) is 0 Å². The molecule has 5 atom stereocenters. The Hall–Kier alpha value is -3.42. The molecule has 0 radical (unpaired) electrons. The van der Waals surface area contributed by atoms with Crippen molar-refractivity contribution in [2.24, 2.45) is 0 Å². The van der Waals surface area contributed by atoms with Gasteiger partial charge < -0.3 is 38.9 Å². The average Bonchev–Trinajstić information content (AvgIpc) is 2.70. The molecule has 1 aromatic carbocycles. The average molecular weight is 470 g/mol. The summed E-state index contributed by atoms with van der Waals surface area (Å²) in [6.07, 6.45) is -7.01. The lowest BCUT2D eigenvalue weighted by Gasteiger charge is -2.44. The van der Waals surface area contributed by atoms with Crippen molar-refractivity contribution in [1.29, 1.82) is 0 Å². The van der Waals surface area contributed by atoms with Gasteiger partial charge in [0.2, 0.25) is 12.4 Å². The van der Waals surface area contributed by atoms with Gasteiger partial charge in [-0.2, -0.15) is 0 Å². The minimum atomic E-state index is -1.54. The third kappa shape index (κ3) is 7.30. The van der Waals surface area contributed by atoms with Gasteiger partial charge in [-0.25, -0.2) is 0 Å². The number of esters is 4. The molecule has 13 heteroatoms. The van der Waals surface area contributed by atoms with Gasteiger partial charge in [0, 0.05) is 27.7 Å². The Kier molecular flexibility index (Phi) is 8.96. The normalized spacial score (nSPS) is 24.2. The fourth-order valence-corrected chi connectivity index (χ4v) is 3.12. The van der Waals surface area contributed by atoms with Gasteiger partial charge in [0.25, 0.3) is 0 Å². The number of rotatable bonds is 8. The predicted molar refractivity (Wildman–Crippen MR) is 107 cm³/mol. The van der Waals surface area contributed by atoms with Crippen molar-refractivity contribution in [2.45, 2.75) is 58.4 Å². The molecule has 1 fully saturated rings. The summed E-state index contributed by atoms with van der Waals surface area (Å²) in [5.74, 6) is -3.23. The van der Waals surface area contributed by atoms with Gasteiger partial charge >= 0.3 is 23.9 Å². The van der Waals surface area contributed by atoms with E-state index in [1.165, 1.54) is 24.3 Å². The van der Waals surface area contributed by atoms with Crippen LogP contribution in [-0.2, 0) is 42.9 Å². The van der Waals surface area contributed by atoms with Gasteiger partial charge in [0.05, 0.1) is 5.69 Å². The van der Waals surface area contributed by atoms with E-state index in [-0.39, 0.29) is 11.4 Å². The van der Waals surface area contributed by atoms with Crippen LogP contribution in [0, 0.1) is 5.21 Å². The Labute approximate surface area is 188 Å². The van der Waals surface area contributed by atoms with Crippen molar-refractivity contribution in [3.63, 3.8) is 0 Å². The molecule has 2 rings (SSSR count). The van der Waals surface area contributed by atoms with Gasteiger partial charge in [0.1, 0.15) is 18.5 Å². The van der Waals surface area contributed by atoms with Gasteiger partial charge in [-0.05, 0) is 12.1 Å². The number of hydrogen-bond acceptors (Lipinski definition) is 13. The maximum absolute atomic E-state index is 11.8. The number of benzene rings is 1. The molecule has 0 amide bonds. The van der Waals surface area contributed by atoms with Crippen molar-refractivity contribution in [3.8, 4) is 5.75 Å². The Morgan fingerprint density at radius 2 is 1.45 bits per heavy atom. The maximum Gasteiger partial charge on any atom is 0.303 e. The predicted octanol–water partition coefficient (Wildman–Crippen LogP) is 0.842. The van der Waals surface area contributed by atoms with E-state index in [1.54, 1.807) is 0 Å². The minimum Gasteiger partial charge on any atom is -0.733 e. The molecule has 1 heterocycles. The second-order valence-corrected chi connectivity index (χ2v) is 6.93. The molecule has 33 heavy (non-hydrogen) atoms. The van der Waals surface area contributed by atoms with Gasteiger partial charge in [-0.1, -0.05) is 12.1 Å². The first-order valence-electron chi connectivity index (χ1n) is 9.72. The summed E-state index contributed by atoms with van der Waals surface area (Å²) in [7, 11) is 0. The van der Waals surface area contributed by atoms with Crippen LogP contribution >= 0.6 is 0 Å². The van der Waals surface area contributed by atoms with Crippen molar-refractivity contribution >= 4 is 29.6 Å². The van der Waals surface area contributed by atoms with E-state index >= 15 is 0 Å². The molecule has 1 saturated heterocycles. The molecule has 1 aliphatic rings. The molecule has 1 N–H and O–H groups in total. The van der Waals surface area contributed by atoms with Crippen LogP contribution in [0.1, 0.15) is 27.7 Å². The van der Waals surface area contributed by atoms with Gasteiger partial charge in [0.15, 0.2) is 12.2 Å². The molecule has 5 unspecified atom stereocenters. The molecule has 0 aliphatic carbocycles. The lowest BCUT2D eigenvalue weighted by atomic mass is 9.98.